The average molecular weight is 291 g/mol. The third-order valence-corrected chi connectivity index (χ3v) is 4.16. The molecule has 0 spiro atoms. The van der Waals surface area contributed by atoms with Gasteiger partial charge >= 0.3 is 0 Å². The van der Waals surface area contributed by atoms with E-state index in [0.717, 1.165) is 19.4 Å². The molecule has 0 bridgehead atoms. The van der Waals surface area contributed by atoms with Crippen molar-refractivity contribution < 1.29 is 9.53 Å². The maximum Gasteiger partial charge on any atom is 0.253 e. The largest absolute Gasteiger partial charge is 0.370 e. The van der Waals surface area contributed by atoms with Crippen molar-refractivity contribution >= 4 is 29.7 Å². The van der Waals surface area contributed by atoms with Gasteiger partial charge in [-0.1, -0.05) is 6.07 Å². The average Bonchev–Trinajstić information content (AvgIpc) is 3.01. The lowest BCUT2D eigenvalue weighted by atomic mass is 10.1. The maximum absolute atomic E-state index is 12.2. The molecule has 2 heterocycles. The molecule has 1 aliphatic heterocycles. The summed E-state index contributed by atoms with van der Waals surface area (Å²) in [6.45, 7) is 1.05. The van der Waals surface area contributed by atoms with Crippen molar-refractivity contribution in [2.45, 2.75) is 25.0 Å². The number of carbonyl (C=O) groups is 1. The predicted octanol–water partition coefficient (Wildman–Crippen LogP) is 1.81. The smallest absolute Gasteiger partial charge is 0.253 e. The molecule has 0 aromatic carbocycles. The first kappa shape index (κ1) is 15.4. The van der Waals surface area contributed by atoms with Crippen molar-refractivity contribution in [2.75, 3.05) is 20.2 Å². The van der Waals surface area contributed by atoms with Gasteiger partial charge in [0.1, 0.15) is 6.10 Å². The number of thiophene rings is 1. The Morgan fingerprint density at radius 3 is 3.06 bits per heavy atom. The third-order valence-electron chi connectivity index (χ3n) is 3.18. The van der Waals surface area contributed by atoms with Crippen molar-refractivity contribution in [2.24, 2.45) is 5.73 Å². The summed E-state index contributed by atoms with van der Waals surface area (Å²) < 4.78 is 5.13. The monoisotopic (exact) mass is 290 g/mol. The molecule has 2 N–H and O–H groups in total. The van der Waals surface area contributed by atoms with Crippen molar-refractivity contribution in [1.29, 1.82) is 0 Å². The lowest BCUT2D eigenvalue weighted by molar-refractivity contribution is -0.142. The minimum atomic E-state index is -0.504. The molecule has 1 aromatic heterocycles. The van der Waals surface area contributed by atoms with Gasteiger partial charge in [0.05, 0.1) is 6.04 Å². The van der Waals surface area contributed by atoms with E-state index < -0.39 is 6.10 Å². The predicted molar refractivity (Wildman–Crippen MR) is 75.1 cm³/mol. The van der Waals surface area contributed by atoms with Crippen LogP contribution in [0.3, 0.4) is 0 Å². The highest BCUT2D eigenvalue weighted by Gasteiger charge is 2.33. The zero-order chi connectivity index (χ0) is 12.3. The van der Waals surface area contributed by atoms with E-state index >= 15 is 0 Å². The number of amides is 1. The molecule has 1 fully saturated rings. The summed E-state index contributed by atoms with van der Waals surface area (Å²) in [7, 11) is 1.53. The number of methoxy groups -OCH3 is 1. The minimum absolute atomic E-state index is 0. The van der Waals surface area contributed by atoms with E-state index in [1.54, 1.807) is 11.3 Å². The van der Waals surface area contributed by atoms with Crippen LogP contribution >= 0.6 is 23.7 Å². The zero-order valence-electron chi connectivity index (χ0n) is 10.4. The lowest BCUT2D eigenvalue weighted by Crippen LogP contribution is -2.43. The van der Waals surface area contributed by atoms with Gasteiger partial charge in [-0.05, 0) is 24.3 Å². The number of hydrogen-bond donors (Lipinski definition) is 1. The zero-order valence-corrected chi connectivity index (χ0v) is 12.0. The van der Waals surface area contributed by atoms with Gasteiger partial charge in [-0.3, -0.25) is 4.79 Å². The fraction of sp³-hybridized carbons (Fsp3) is 0.583. The molecule has 1 amide bonds. The van der Waals surface area contributed by atoms with E-state index in [9.17, 15) is 4.79 Å². The second kappa shape index (κ2) is 7.09. The molecule has 2 unspecified atom stereocenters. The Morgan fingerprint density at radius 2 is 2.50 bits per heavy atom. The van der Waals surface area contributed by atoms with Crippen LogP contribution in [0.25, 0.3) is 0 Å². The van der Waals surface area contributed by atoms with Crippen molar-refractivity contribution in [1.82, 2.24) is 4.90 Å². The summed E-state index contributed by atoms with van der Waals surface area (Å²) in [4.78, 5) is 15.4. The summed E-state index contributed by atoms with van der Waals surface area (Å²) in [5.41, 5.74) is 5.55. The third kappa shape index (κ3) is 3.03. The van der Waals surface area contributed by atoms with E-state index in [-0.39, 0.29) is 30.9 Å². The first-order valence-corrected chi connectivity index (χ1v) is 6.72. The van der Waals surface area contributed by atoms with Crippen LogP contribution in [0.2, 0.25) is 0 Å². The Morgan fingerprint density at radius 1 is 1.72 bits per heavy atom. The van der Waals surface area contributed by atoms with Crippen molar-refractivity contribution in [3.05, 3.63) is 22.4 Å². The van der Waals surface area contributed by atoms with Crippen LogP contribution in [0.5, 0.6) is 0 Å². The van der Waals surface area contributed by atoms with Gasteiger partial charge in [0, 0.05) is 25.1 Å². The highest BCUT2D eigenvalue weighted by Crippen LogP contribution is 2.34. The van der Waals surface area contributed by atoms with Gasteiger partial charge in [0.15, 0.2) is 0 Å². The molecule has 0 aliphatic carbocycles. The lowest BCUT2D eigenvalue weighted by Gasteiger charge is -2.27. The number of carbonyl (C=O) groups excluding carboxylic acids is 1. The van der Waals surface area contributed by atoms with Gasteiger partial charge < -0.3 is 15.4 Å². The first-order chi connectivity index (χ1) is 8.27. The fourth-order valence-corrected chi connectivity index (χ4v) is 3.16. The van der Waals surface area contributed by atoms with E-state index in [1.807, 2.05) is 16.3 Å². The van der Waals surface area contributed by atoms with Crippen LogP contribution in [0, 0.1) is 0 Å². The van der Waals surface area contributed by atoms with Gasteiger partial charge in [-0.2, -0.15) is 0 Å². The molecule has 1 aliphatic rings. The molecular weight excluding hydrogens is 272 g/mol. The topological polar surface area (TPSA) is 55.6 Å². The second-order valence-electron chi connectivity index (χ2n) is 4.17. The Kier molecular flexibility index (Phi) is 6.08. The van der Waals surface area contributed by atoms with Gasteiger partial charge in [-0.25, -0.2) is 0 Å². The van der Waals surface area contributed by atoms with Crippen LogP contribution in [0.1, 0.15) is 23.8 Å². The SMILES string of the molecule is COC(CN)C(=O)N1CCCC1c1cccs1.Cl. The number of nitrogens with zero attached hydrogens (tertiary/aromatic N) is 1. The normalized spacial score (nSPS) is 20.6. The Labute approximate surface area is 118 Å². The summed E-state index contributed by atoms with van der Waals surface area (Å²) in [6, 6.07) is 4.33. The van der Waals surface area contributed by atoms with Gasteiger partial charge in [0.2, 0.25) is 0 Å². The Bertz CT molecular complexity index is 368. The second-order valence-corrected chi connectivity index (χ2v) is 5.14. The molecule has 4 nitrogen and oxygen atoms in total. The quantitative estimate of drug-likeness (QED) is 0.920. The molecule has 102 valence electrons. The summed E-state index contributed by atoms with van der Waals surface area (Å²) in [5.74, 6) is 0.0194. The molecule has 1 aromatic rings. The molecule has 18 heavy (non-hydrogen) atoms. The highest BCUT2D eigenvalue weighted by atomic mass is 35.5. The number of ether oxygens (including phenoxy) is 1. The maximum atomic E-state index is 12.2. The standard InChI is InChI=1S/C12H18N2O2S.ClH/c1-16-10(8-13)12(15)14-6-2-4-9(14)11-5-3-7-17-11;/h3,5,7,9-10H,2,4,6,8,13H2,1H3;1H. The van der Waals surface area contributed by atoms with Crippen molar-refractivity contribution in [3.8, 4) is 0 Å². The molecule has 0 saturated carbocycles. The Hall–Kier alpha value is -0.620. The molecule has 2 atom stereocenters. The summed E-state index contributed by atoms with van der Waals surface area (Å²) in [5, 5.41) is 2.05. The van der Waals surface area contributed by atoms with Crippen LogP contribution in [-0.4, -0.2) is 37.1 Å². The first-order valence-electron chi connectivity index (χ1n) is 5.84. The molecule has 0 radical (unpaired) electrons. The van der Waals surface area contributed by atoms with Crippen LogP contribution in [0.15, 0.2) is 17.5 Å². The number of hydrogen-bond acceptors (Lipinski definition) is 4. The van der Waals surface area contributed by atoms with E-state index in [2.05, 4.69) is 6.07 Å². The minimum Gasteiger partial charge on any atom is -0.370 e. The molecule has 2 rings (SSSR count). The molecular formula is C12H19ClN2O2S. The number of rotatable bonds is 4. The fourth-order valence-electron chi connectivity index (χ4n) is 2.29. The number of likely N-dealkylation sites (tertiary alicyclic amines) is 1. The Balaban J connectivity index is 0.00000162. The van der Waals surface area contributed by atoms with Crippen LogP contribution in [0.4, 0.5) is 0 Å². The van der Waals surface area contributed by atoms with E-state index in [1.165, 1.54) is 12.0 Å². The number of nitrogens with two attached hydrogens (primary N) is 1. The van der Waals surface area contributed by atoms with Crippen LogP contribution < -0.4 is 5.73 Å². The summed E-state index contributed by atoms with van der Waals surface area (Å²) >= 11 is 1.70. The van der Waals surface area contributed by atoms with Gasteiger partial charge in [-0.15, -0.1) is 23.7 Å². The van der Waals surface area contributed by atoms with Gasteiger partial charge in [0.25, 0.3) is 5.91 Å². The summed E-state index contributed by atoms with van der Waals surface area (Å²) in [6.07, 6.45) is 1.58. The van der Waals surface area contributed by atoms with Crippen LogP contribution in [-0.2, 0) is 9.53 Å². The van der Waals surface area contributed by atoms with E-state index in [0.29, 0.717) is 0 Å². The van der Waals surface area contributed by atoms with Crippen molar-refractivity contribution in [3.63, 3.8) is 0 Å². The molecule has 1 saturated heterocycles. The van der Waals surface area contributed by atoms with E-state index in [4.69, 9.17) is 10.5 Å². The highest BCUT2D eigenvalue weighted by molar-refractivity contribution is 7.10. The number of halogens is 1. The molecule has 6 heteroatoms.